The highest BCUT2D eigenvalue weighted by Gasteiger charge is 2.29. The Kier molecular flexibility index (Phi) is 5.87. The van der Waals surface area contributed by atoms with E-state index < -0.39 is 29.9 Å². The van der Waals surface area contributed by atoms with E-state index >= 15 is 0 Å². The Bertz CT molecular complexity index is 625. The summed E-state index contributed by atoms with van der Waals surface area (Å²) < 4.78 is 42.2. The van der Waals surface area contributed by atoms with Crippen LogP contribution in [0.15, 0.2) is 30.0 Å². The smallest absolute Gasteiger partial charge is 0.416 e. The van der Waals surface area contributed by atoms with Crippen molar-refractivity contribution in [1.82, 2.24) is 0 Å². The molecule has 1 aromatic rings. The Morgan fingerprint density at radius 2 is 1.86 bits per heavy atom. The number of ether oxygens (including phenoxy) is 1. The van der Waals surface area contributed by atoms with Gasteiger partial charge in [0.2, 0.25) is 0 Å². The van der Waals surface area contributed by atoms with Gasteiger partial charge in [-0.25, -0.2) is 0 Å². The standard InChI is InChI=1S/C15H12F3NO3/c1-10(20)8-14(21)22-13(6-7-19)9-11-2-4-12(5-3-11)15(16,17)18/h2-5,9H,6,8H2,1H3/b13-9+. The number of carbonyl (C=O) groups excluding carboxylic acids is 2. The van der Waals surface area contributed by atoms with Gasteiger partial charge in [-0.3, -0.25) is 9.59 Å². The molecule has 7 heteroatoms. The fraction of sp³-hybridized carbons (Fsp3) is 0.267. The maximum absolute atomic E-state index is 12.4. The minimum atomic E-state index is -4.44. The first-order valence-corrected chi connectivity index (χ1v) is 6.17. The van der Waals surface area contributed by atoms with E-state index in [2.05, 4.69) is 0 Å². The summed E-state index contributed by atoms with van der Waals surface area (Å²) in [4.78, 5) is 22.2. The molecule has 0 saturated carbocycles. The van der Waals surface area contributed by atoms with Crippen LogP contribution in [-0.4, -0.2) is 11.8 Å². The molecule has 0 aromatic heterocycles. The molecule has 0 spiro atoms. The summed E-state index contributed by atoms with van der Waals surface area (Å²) in [5.74, 6) is -1.25. The molecule has 0 heterocycles. The number of alkyl halides is 3. The number of halogens is 3. The molecule has 0 radical (unpaired) electrons. The molecule has 116 valence electrons. The zero-order valence-corrected chi connectivity index (χ0v) is 11.6. The van der Waals surface area contributed by atoms with Gasteiger partial charge in [0.1, 0.15) is 18.0 Å². The Morgan fingerprint density at radius 1 is 1.27 bits per heavy atom. The highest BCUT2D eigenvalue weighted by molar-refractivity contribution is 5.94. The predicted molar refractivity (Wildman–Crippen MR) is 71.0 cm³/mol. The van der Waals surface area contributed by atoms with Gasteiger partial charge in [0, 0.05) is 0 Å². The van der Waals surface area contributed by atoms with Crippen LogP contribution in [0.5, 0.6) is 0 Å². The topological polar surface area (TPSA) is 67.2 Å². The fourth-order valence-corrected chi connectivity index (χ4v) is 1.53. The molecule has 0 aliphatic heterocycles. The molecule has 4 nitrogen and oxygen atoms in total. The number of nitriles is 1. The van der Waals surface area contributed by atoms with Crippen LogP contribution in [0.1, 0.15) is 30.9 Å². The van der Waals surface area contributed by atoms with Crippen molar-refractivity contribution >= 4 is 17.8 Å². The van der Waals surface area contributed by atoms with Gasteiger partial charge < -0.3 is 4.74 Å². The summed E-state index contributed by atoms with van der Waals surface area (Å²) in [6.07, 6.45) is -3.84. The zero-order chi connectivity index (χ0) is 16.8. The van der Waals surface area contributed by atoms with Crippen molar-refractivity contribution in [3.63, 3.8) is 0 Å². The molecule has 1 rings (SSSR count). The second kappa shape index (κ2) is 7.41. The van der Waals surface area contributed by atoms with Gasteiger partial charge in [-0.15, -0.1) is 0 Å². The Labute approximate surface area is 124 Å². The number of ketones is 1. The van der Waals surface area contributed by atoms with E-state index in [1.165, 1.54) is 25.1 Å². The number of hydrogen-bond acceptors (Lipinski definition) is 4. The number of allylic oxidation sites excluding steroid dienone is 1. The lowest BCUT2D eigenvalue weighted by molar-refractivity contribution is -0.142. The molecule has 0 amide bonds. The van der Waals surface area contributed by atoms with Gasteiger partial charge in [-0.2, -0.15) is 18.4 Å². The van der Waals surface area contributed by atoms with E-state index in [-0.39, 0.29) is 12.2 Å². The summed E-state index contributed by atoms with van der Waals surface area (Å²) >= 11 is 0. The Morgan fingerprint density at radius 3 is 2.32 bits per heavy atom. The lowest BCUT2D eigenvalue weighted by atomic mass is 10.1. The predicted octanol–water partition coefficient (Wildman–Crippen LogP) is 3.48. The van der Waals surface area contributed by atoms with Gasteiger partial charge in [-0.05, 0) is 30.7 Å². The average Bonchev–Trinajstić information content (AvgIpc) is 2.37. The molecule has 1 aromatic carbocycles. The maximum atomic E-state index is 12.4. The molecular formula is C15H12F3NO3. The van der Waals surface area contributed by atoms with E-state index in [0.717, 1.165) is 12.1 Å². The normalized spacial score (nSPS) is 11.7. The van der Waals surface area contributed by atoms with Crippen molar-refractivity contribution in [2.45, 2.75) is 25.9 Å². The summed E-state index contributed by atoms with van der Waals surface area (Å²) in [6.45, 7) is 1.21. The third kappa shape index (κ3) is 5.79. The minimum Gasteiger partial charge on any atom is -0.430 e. The van der Waals surface area contributed by atoms with Crippen molar-refractivity contribution in [3.8, 4) is 6.07 Å². The number of Topliss-reactive ketones (excluding diaryl/α,β-unsaturated/α-hetero) is 1. The first-order valence-electron chi connectivity index (χ1n) is 6.17. The summed E-state index contributed by atoms with van der Waals surface area (Å²) in [5.41, 5.74) is -0.464. The summed E-state index contributed by atoms with van der Waals surface area (Å²) in [7, 11) is 0. The van der Waals surface area contributed by atoms with Crippen LogP contribution in [0, 0.1) is 11.3 Å². The lowest BCUT2D eigenvalue weighted by Gasteiger charge is -2.07. The van der Waals surface area contributed by atoms with Crippen LogP contribution in [-0.2, 0) is 20.5 Å². The van der Waals surface area contributed by atoms with E-state index in [1.54, 1.807) is 6.07 Å². The van der Waals surface area contributed by atoms with Crippen molar-refractivity contribution < 1.29 is 27.5 Å². The number of nitrogens with zero attached hydrogens (tertiary/aromatic N) is 1. The first kappa shape index (κ1) is 17.4. The molecular weight excluding hydrogens is 299 g/mol. The highest BCUT2D eigenvalue weighted by atomic mass is 19.4. The third-order valence-corrected chi connectivity index (χ3v) is 2.46. The molecule has 0 aliphatic carbocycles. The molecule has 0 atom stereocenters. The molecule has 0 fully saturated rings. The van der Waals surface area contributed by atoms with E-state index in [9.17, 15) is 22.8 Å². The highest BCUT2D eigenvalue weighted by Crippen LogP contribution is 2.29. The lowest BCUT2D eigenvalue weighted by Crippen LogP contribution is -2.08. The average molecular weight is 311 g/mol. The number of benzene rings is 1. The van der Waals surface area contributed by atoms with Crippen LogP contribution in [0.2, 0.25) is 0 Å². The number of hydrogen-bond donors (Lipinski definition) is 0. The quantitative estimate of drug-likeness (QED) is 0.474. The van der Waals surface area contributed by atoms with E-state index in [4.69, 9.17) is 10.00 Å². The molecule has 0 saturated heterocycles. The number of carbonyl (C=O) groups is 2. The SMILES string of the molecule is CC(=O)CC(=O)O/C(=C/c1ccc(C(F)(F)F)cc1)CC#N. The Hall–Kier alpha value is -2.62. The van der Waals surface area contributed by atoms with E-state index in [0.29, 0.717) is 5.56 Å². The number of rotatable bonds is 5. The van der Waals surface area contributed by atoms with E-state index in [1.807, 2.05) is 0 Å². The van der Waals surface area contributed by atoms with Crippen molar-refractivity contribution in [2.75, 3.05) is 0 Å². The van der Waals surface area contributed by atoms with Gasteiger partial charge >= 0.3 is 12.1 Å². The monoisotopic (exact) mass is 311 g/mol. The molecule has 0 aliphatic rings. The van der Waals surface area contributed by atoms with Crippen LogP contribution in [0.4, 0.5) is 13.2 Å². The van der Waals surface area contributed by atoms with Crippen LogP contribution in [0.3, 0.4) is 0 Å². The van der Waals surface area contributed by atoms with Gasteiger partial charge in [0.05, 0.1) is 18.1 Å². The second-order valence-corrected chi connectivity index (χ2v) is 4.42. The third-order valence-electron chi connectivity index (χ3n) is 2.46. The summed E-state index contributed by atoms with van der Waals surface area (Å²) in [5, 5.41) is 8.66. The molecule has 0 unspecified atom stereocenters. The zero-order valence-electron chi connectivity index (χ0n) is 11.6. The Balaban J connectivity index is 2.91. The van der Waals surface area contributed by atoms with Crippen molar-refractivity contribution in [1.29, 1.82) is 5.26 Å². The van der Waals surface area contributed by atoms with Crippen LogP contribution >= 0.6 is 0 Å². The van der Waals surface area contributed by atoms with Crippen molar-refractivity contribution in [2.24, 2.45) is 0 Å². The van der Waals surface area contributed by atoms with Crippen molar-refractivity contribution in [3.05, 3.63) is 41.2 Å². The first-order chi connectivity index (χ1) is 10.2. The number of esters is 1. The van der Waals surface area contributed by atoms with Gasteiger partial charge in [0.15, 0.2) is 0 Å². The molecule has 0 N–H and O–H groups in total. The fourth-order valence-electron chi connectivity index (χ4n) is 1.53. The molecule has 22 heavy (non-hydrogen) atoms. The molecule has 0 bridgehead atoms. The van der Waals surface area contributed by atoms with Crippen LogP contribution in [0.25, 0.3) is 6.08 Å². The maximum Gasteiger partial charge on any atom is 0.416 e. The second-order valence-electron chi connectivity index (χ2n) is 4.42. The largest absolute Gasteiger partial charge is 0.430 e. The van der Waals surface area contributed by atoms with Crippen LogP contribution < -0.4 is 0 Å². The van der Waals surface area contributed by atoms with Gasteiger partial charge in [0.25, 0.3) is 0 Å². The minimum absolute atomic E-state index is 0.0338. The van der Waals surface area contributed by atoms with Gasteiger partial charge in [-0.1, -0.05) is 12.1 Å². The summed E-state index contributed by atoms with van der Waals surface area (Å²) in [6, 6.07) is 5.92.